The molecule has 1 N–H and O–H groups in total. The first-order valence-electron chi connectivity index (χ1n) is 8.03. The van der Waals surface area contributed by atoms with E-state index in [0.29, 0.717) is 17.8 Å². The average molecular weight is 414 g/mol. The van der Waals surface area contributed by atoms with Crippen molar-refractivity contribution in [2.45, 2.75) is 19.3 Å². The highest BCUT2D eigenvalue weighted by Crippen LogP contribution is 2.35. The van der Waals surface area contributed by atoms with Gasteiger partial charge in [-0.25, -0.2) is 9.67 Å². The highest BCUT2D eigenvalue weighted by atomic mass is 19.4. The lowest BCUT2D eigenvalue weighted by Gasteiger charge is -2.14. The second kappa shape index (κ2) is 7.22. The number of carbonyl (C=O) groups is 1. The maximum atomic E-state index is 13.6. The number of aryl methyl sites for hydroxylation is 1. The van der Waals surface area contributed by atoms with Crippen molar-refractivity contribution in [1.29, 1.82) is 0 Å². The molecule has 2 aromatic heterocycles. The van der Waals surface area contributed by atoms with Gasteiger partial charge in [-0.15, -0.1) is 0 Å². The minimum atomic E-state index is -5.06. The Morgan fingerprint density at radius 1 is 1.03 bits per heavy atom. The zero-order chi connectivity index (χ0) is 21.4. The number of alkyl halides is 6. The molecule has 0 saturated heterocycles. The Hall–Kier alpha value is -3.37. The van der Waals surface area contributed by atoms with Crippen LogP contribution in [0.5, 0.6) is 0 Å². The lowest BCUT2D eigenvalue weighted by Crippen LogP contribution is -2.21. The van der Waals surface area contributed by atoms with E-state index in [9.17, 15) is 31.1 Å². The highest BCUT2D eigenvalue weighted by Gasteiger charge is 2.41. The van der Waals surface area contributed by atoms with Crippen molar-refractivity contribution < 1.29 is 31.1 Å². The molecule has 0 aliphatic carbocycles. The molecule has 0 aliphatic heterocycles. The van der Waals surface area contributed by atoms with Crippen LogP contribution >= 0.6 is 0 Å². The zero-order valence-electron chi connectivity index (χ0n) is 14.6. The third kappa shape index (κ3) is 4.39. The smallest absolute Gasteiger partial charge is 0.306 e. The van der Waals surface area contributed by atoms with Crippen molar-refractivity contribution in [2.24, 2.45) is 0 Å². The molecule has 11 heteroatoms. The molecule has 3 aromatic rings. The van der Waals surface area contributed by atoms with Gasteiger partial charge in [-0.1, -0.05) is 6.07 Å². The summed E-state index contributed by atoms with van der Waals surface area (Å²) in [6, 6.07) is 6.30. The van der Waals surface area contributed by atoms with Crippen LogP contribution in [0.15, 0.2) is 48.8 Å². The maximum absolute atomic E-state index is 13.6. The van der Waals surface area contributed by atoms with E-state index in [-0.39, 0.29) is 10.5 Å². The molecule has 29 heavy (non-hydrogen) atoms. The topological polar surface area (TPSA) is 59.8 Å². The third-order valence-corrected chi connectivity index (χ3v) is 3.86. The molecule has 5 nitrogen and oxygen atoms in total. The number of rotatable bonds is 3. The number of aromatic nitrogens is 3. The summed E-state index contributed by atoms with van der Waals surface area (Å²) in [4.78, 5) is 16.2. The van der Waals surface area contributed by atoms with Crippen LogP contribution in [0.4, 0.5) is 32.2 Å². The van der Waals surface area contributed by atoms with E-state index >= 15 is 0 Å². The number of amides is 1. The molecule has 1 amide bonds. The van der Waals surface area contributed by atoms with Gasteiger partial charge < -0.3 is 5.32 Å². The van der Waals surface area contributed by atoms with Gasteiger partial charge in [0.2, 0.25) is 0 Å². The normalized spacial score (nSPS) is 12.1. The fourth-order valence-electron chi connectivity index (χ4n) is 2.59. The van der Waals surface area contributed by atoms with E-state index in [2.05, 4.69) is 15.4 Å². The quantitative estimate of drug-likeness (QED) is 0.623. The van der Waals surface area contributed by atoms with Gasteiger partial charge in [0, 0.05) is 6.20 Å². The van der Waals surface area contributed by atoms with Crippen molar-refractivity contribution in [3.63, 3.8) is 0 Å². The van der Waals surface area contributed by atoms with E-state index in [4.69, 9.17) is 0 Å². The summed E-state index contributed by atoms with van der Waals surface area (Å²) < 4.78 is 79.9. The average Bonchev–Trinajstić information content (AvgIpc) is 3.07. The highest BCUT2D eigenvalue weighted by molar-refractivity contribution is 6.04. The lowest BCUT2D eigenvalue weighted by molar-refractivity contribution is -0.143. The largest absolute Gasteiger partial charge is 0.434 e. The summed E-state index contributed by atoms with van der Waals surface area (Å²) in [5.41, 5.74) is -3.26. The molecule has 0 atom stereocenters. The first kappa shape index (κ1) is 20.4. The lowest BCUT2D eigenvalue weighted by atomic mass is 10.1. The molecule has 152 valence electrons. The van der Waals surface area contributed by atoms with Gasteiger partial charge >= 0.3 is 12.4 Å². The fourth-order valence-corrected chi connectivity index (χ4v) is 2.59. The maximum Gasteiger partial charge on any atom is 0.434 e. The Balaban J connectivity index is 2.05. The SMILES string of the molecule is Cc1ccnc(NC(=O)c2cnn(-c3cccc(C(F)(F)F)c3)c2C(F)(F)F)c1. The number of hydrogen-bond donors (Lipinski definition) is 1. The number of benzene rings is 1. The molecule has 0 bridgehead atoms. The molecule has 0 fully saturated rings. The molecular formula is C18H12F6N4O. The standard InChI is InChI=1S/C18H12F6N4O/c1-10-5-6-25-14(7-10)27-16(29)13-9-26-28(15(13)18(22,23)24)12-4-2-3-11(8-12)17(19,20)21/h2-9H,1H3,(H,25,27,29). The van der Waals surface area contributed by atoms with Gasteiger partial charge in [0.25, 0.3) is 5.91 Å². The van der Waals surface area contributed by atoms with Crippen molar-refractivity contribution in [1.82, 2.24) is 14.8 Å². The van der Waals surface area contributed by atoms with Crippen LogP contribution in [0.3, 0.4) is 0 Å². The fraction of sp³-hybridized carbons (Fsp3) is 0.167. The van der Waals surface area contributed by atoms with Crippen LogP contribution in [-0.2, 0) is 12.4 Å². The van der Waals surface area contributed by atoms with E-state index < -0.39 is 40.8 Å². The number of pyridine rings is 1. The second-order valence-electron chi connectivity index (χ2n) is 6.04. The Labute approximate surface area is 160 Å². The van der Waals surface area contributed by atoms with Gasteiger partial charge in [0.05, 0.1) is 23.0 Å². The summed E-state index contributed by atoms with van der Waals surface area (Å²) in [6.07, 6.45) is -7.80. The van der Waals surface area contributed by atoms with E-state index in [0.717, 1.165) is 18.2 Å². The van der Waals surface area contributed by atoms with Gasteiger partial charge in [0.15, 0.2) is 5.69 Å². The molecule has 0 aliphatic rings. The van der Waals surface area contributed by atoms with Crippen molar-refractivity contribution in [3.8, 4) is 5.69 Å². The van der Waals surface area contributed by atoms with E-state index in [1.54, 1.807) is 13.0 Å². The Morgan fingerprint density at radius 3 is 2.38 bits per heavy atom. The van der Waals surface area contributed by atoms with Crippen LogP contribution in [-0.4, -0.2) is 20.7 Å². The number of carbonyl (C=O) groups excluding carboxylic acids is 1. The van der Waals surface area contributed by atoms with Gasteiger partial charge in [-0.2, -0.15) is 31.4 Å². The predicted octanol–water partition coefficient (Wildman–Crippen LogP) is 4.87. The number of anilines is 1. The molecule has 2 heterocycles. The second-order valence-corrected chi connectivity index (χ2v) is 6.04. The van der Waals surface area contributed by atoms with Crippen molar-refractivity contribution in [3.05, 3.63) is 71.2 Å². The minimum Gasteiger partial charge on any atom is -0.306 e. The first-order valence-corrected chi connectivity index (χ1v) is 8.03. The molecular weight excluding hydrogens is 402 g/mol. The first-order chi connectivity index (χ1) is 13.5. The molecule has 3 rings (SSSR count). The Bertz CT molecular complexity index is 1050. The van der Waals surface area contributed by atoms with Crippen molar-refractivity contribution in [2.75, 3.05) is 5.32 Å². The monoisotopic (exact) mass is 414 g/mol. The summed E-state index contributed by atoms with van der Waals surface area (Å²) in [5.74, 6) is -1.12. The summed E-state index contributed by atoms with van der Waals surface area (Å²) in [5, 5.41) is 5.73. The van der Waals surface area contributed by atoms with Crippen molar-refractivity contribution >= 4 is 11.7 Å². The predicted molar refractivity (Wildman–Crippen MR) is 90.5 cm³/mol. The Morgan fingerprint density at radius 2 is 1.76 bits per heavy atom. The summed E-state index contributed by atoms with van der Waals surface area (Å²) in [7, 11) is 0. The van der Waals surface area contributed by atoms with E-state index in [1.165, 1.54) is 12.3 Å². The Kier molecular flexibility index (Phi) is 5.07. The van der Waals surface area contributed by atoms with Crippen LogP contribution in [0.1, 0.15) is 27.2 Å². The van der Waals surface area contributed by atoms with Gasteiger partial charge in [0.1, 0.15) is 5.82 Å². The van der Waals surface area contributed by atoms with E-state index in [1.807, 2.05) is 0 Å². The molecule has 0 spiro atoms. The summed E-state index contributed by atoms with van der Waals surface area (Å²) >= 11 is 0. The van der Waals surface area contributed by atoms with Gasteiger partial charge in [-0.3, -0.25) is 4.79 Å². The molecule has 0 radical (unpaired) electrons. The number of nitrogens with zero attached hydrogens (tertiary/aromatic N) is 3. The minimum absolute atomic E-state index is 0.0231. The molecule has 1 aromatic carbocycles. The molecule has 0 unspecified atom stereocenters. The molecule has 0 saturated carbocycles. The number of hydrogen-bond acceptors (Lipinski definition) is 3. The third-order valence-electron chi connectivity index (χ3n) is 3.86. The van der Waals surface area contributed by atoms with Crippen LogP contribution in [0.25, 0.3) is 5.69 Å². The van der Waals surface area contributed by atoms with Gasteiger partial charge in [-0.05, 0) is 42.8 Å². The number of halogens is 6. The van der Waals surface area contributed by atoms with Crippen LogP contribution in [0.2, 0.25) is 0 Å². The summed E-state index contributed by atoms with van der Waals surface area (Å²) in [6.45, 7) is 1.70. The zero-order valence-corrected chi connectivity index (χ0v) is 14.6. The van der Waals surface area contributed by atoms with Crippen LogP contribution in [0, 0.1) is 6.92 Å². The van der Waals surface area contributed by atoms with Crippen LogP contribution < -0.4 is 5.32 Å². The number of nitrogens with one attached hydrogen (secondary N) is 1.